The zero-order chi connectivity index (χ0) is 28.3. The Labute approximate surface area is 233 Å². The van der Waals surface area contributed by atoms with Crippen LogP contribution >= 0.6 is 11.6 Å². The van der Waals surface area contributed by atoms with Gasteiger partial charge in [0.1, 0.15) is 22.3 Å². The maximum Gasteiger partial charge on any atom is 0.410 e. The highest BCUT2D eigenvalue weighted by Crippen LogP contribution is 2.24. The highest BCUT2D eigenvalue weighted by molar-refractivity contribution is 6.30. The average molecular weight is 556 g/mol. The number of piperidine rings is 1. The van der Waals surface area contributed by atoms with Crippen molar-refractivity contribution in [1.82, 2.24) is 25.1 Å². The van der Waals surface area contributed by atoms with Crippen LogP contribution in [0, 0.1) is 5.82 Å². The Hall–Kier alpha value is -3.59. The van der Waals surface area contributed by atoms with E-state index < -0.39 is 11.6 Å². The highest BCUT2D eigenvalue weighted by Gasteiger charge is 2.31. The van der Waals surface area contributed by atoms with Crippen molar-refractivity contribution < 1.29 is 18.7 Å². The fraction of sp³-hybridized carbons (Fsp3) is 0.414. The number of rotatable bonds is 7. The van der Waals surface area contributed by atoms with Gasteiger partial charge in [-0.05, 0) is 69.9 Å². The number of halogens is 2. The van der Waals surface area contributed by atoms with Gasteiger partial charge in [0.15, 0.2) is 0 Å². The first-order valence-electron chi connectivity index (χ1n) is 13.0. The van der Waals surface area contributed by atoms with E-state index in [9.17, 15) is 14.0 Å². The van der Waals surface area contributed by atoms with Crippen LogP contribution in [-0.2, 0) is 11.2 Å². The number of nitrogens with zero attached hydrogens (tertiary/aromatic N) is 3. The number of likely N-dealkylation sites (N-methyl/N-ethyl adjacent to an activating group) is 1. The summed E-state index contributed by atoms with van der Waals surface area (Å²) in [6, 6.07) is 9.32. The maximum absolute atomic E-state index is 13.5. The first-order chi connectivity index (χ1) is 18.4. The summed E-state index contributed by atoms with van der Waals surface area (Å²) in [5.74, 6) is -0.624. The van der Waals surface area contributed by atoms with Gasteiger partial charge >= 0.3 is 6.09 Å². The van der Waals surface area contributed by atoms with Crippen molar-refractivity contribution in [1.29, 1.82) is 0 Å². The van der Waals surface area contributed by atoms with Crippen LogP contribution in [0.25, 0.3) is 10.9 Å². The van der Waals surface area contributed by atoms with E-state index in [1.54, 1.807) is 35.4 Å². The van der Waals surface area contributed by atoms with Gasteiger partial charge in [0.2, 0.25) is 0 Å². The first kappa shape index (κ1) is 28.4. The minimum absolute atomic E-state index is 0.130. The Kier molecular flexibility index (Phi) is 8.49. The molecule has 1 aromatic carbocycles. The van der Waals surface area contributed by atoms with Gasteiger partial charge in [-0.25, -0.2) is 14.2 Å². The van der Waals surface area contributed by atoms with Crippen LogP contribution < -0.4 is 5.32 Å². The summed E-state index contributed by atoms with van der Waals surface area (Å²) in [7, 11) is 1.95. The fourth-order valence-corrected chi connectivity index (χ4v) is 4.88. The third kappa shape index (κ3) is 7.29. The van der Waals surface area contributed by atoms with Crippen LogP contribution in [0.2, 0.25) is 5.15 Å². The van der Waals surface area contributed by atoms with Gasteiger partial charge in [-0.2, -0.15) is 0 Å². The van der Waals surface area contributed by atoms with Crippen molar-refractivity contribution in [2.45, 2.75) is 57.7 Å². The van der Waals surface area contributed by atoms with E-state index in [0.717, 1.165) is 29.5 Å². The number of carbonyl (C=O) groups excluding carboxylic acids is 2. The number of likely N-dealkylation sites (tertiary alicyclic amines) is 1. The zero-order valence-corrected chi connectivity index (χ0v) is 23.5. The molecule has 1 atom stereocenters. The number of aromatic amines is 1. The van der Waals surface area contributed by atoms with Crippen molar-refractivity contribution in [3.63, 3.8) is 0 Å². The molecule has 0 aliphatic carbocycles. The van der Waals surface area contributed by atoms with Gasteiger partial charge in [-0.15, -0.1) is 0 Å². The summed E-state index contributed by atoms with van der Waals surface area (Å²) < 4.78 is 19.1. The summed E-state index contributed by atoms with van der Waals surface area (Å²) in [4.78, 5) is 36.8. The number of amides is 2. The average Bonchev–Trinajstić information content (AvgIpc) is 3.31. The number of benzene rings is 1. The first-order valence-corrected chi connectivity index (χ1v) is 13.4. The van der Waals surface area contributed by atoms with Crippen LogP contribution in [0.4, 0.5) is 9.18 Å². The van der Waals surface area contributed by atoms with E-state index in [1.165, 1.54) is 12.1 Å². The maximum atomic E-state index is 13.5. The Bertz CT molecular complexity index is 1340. The number of aromatic nitrogens is 2. The molecule has 0 spiro atoms. The van der Waals surface area contributed by atoms with Gasteiger partial charge < -0.3 is 24.8 Å². The Morgan fingerprint density at radius 2 is 1.92 bits per heavy atom. The van der Waals surface area contributed by atoms with E-state index in [0.29, 0.717) is 35.9 Å². The molecule has 1 fully saturated rings. The van der Waals surface area contributed by atoms with E-state index in [-0.39, 0.29) is 23.9 Å². The predicted molar refractivity (Wildman–Crippen MR) is 150 cm³/mol. The largest absolute Gasteiger partial charge is 0.444 e. The predicted octanol–water partition coefficient (Wildman–Crippen LogP) is 5.54. The molecule has 10 heteroatoms. The molecule has 3 heterocycles. The minimum Gasteiger partial charge on any atom is -0.444 e. The molecule has 1 aliphatic rings. The summed E-state index contributed by atoms with van der Waals surface area (Å²) in [5, 5.41) is 4.22. The second-order valence-corrected chi connectivity index (χ2v) is 11.3. The number of nitrogens with one attached hydrogen (secondary N) is 2. The Balaban J connectivity index is 1.47. The lowest BCUT2D eigenvalue weighted by atomic mass is 9.99. The number of H-pyrrole nitrogens is 1. The molecule has 0 bridgehead atoms. The van der Waals surface area contributed by atoms with Gasteiger partial charge in [0.05, 0.1) is 17.8 Å². The monoisotopic (exact) mass is 555 g/mol. The molecule has 1 saturated heterocycles. The normalized spacial score (nSPS) is 15.2. The second-order valence-electron chi connectivity index (χ2n) is 10.9. The number of hydrogen-bond acceptors (Lipinski definition) is 5. The molecule has 2 N–H and O–H groups in total. The number of ether oxygens (including phenoxy) is 1. The molecule has 2 aromatic heterocycles. The van der Waals surface area contributed by atoms with Gasteiger partial charge in [-0.1, -0.05) is 30.3 Å². The zero-order valence-electron chi connectivity index (χ0n) is 22.8. The van der Waals surface area contributed by atoms with Crippen LogP contribution in [0.5, 0.6) is 0 Å². The molecular formula is C29H35ClFN5O3. The van der Waals surface area contributed by atoms with E-state index >= 15 is 0 Å². The van der Waals surface area contributed by atoms with Crippen molar-refractivity contribution in [2.24, 2.45) is 0 Å². The molecule has 0 radical (unpaired) electrons. The Morgan fingerprint density at radius 1 is 1.26 bits per heavy atom. The molecule has 3 aromatic rings. The van der Waals surface area contributed by atoms with Crippen LogP contribution in [0.3, 0.4) is 0 Å². The fourth-order valence-electron chi connectivity index (χ4n) is 4.71. The number of carbonyl (C=O) groups is 2. The molecule has 39 heavy (non-hydrogen) atoms. The Morgan fingerprint density at radius 3 is 2.56 bits per heavy atom. The van der Waals surface area contributed by atoms with Crippen LogP contribution in [0.15, 0.2) is 54.9 Å². The molecular weight excluding hydrogens is 521 g/mol. The molecule has 0 saturated carbocycles. The highest BCUT2D eigenvalue weighted by atomic mass is 35.5. The van der Waals surface area contributed by atoms with E-state index in [4.69, 9.17) is 16.3 Å². The SMILES string of the molecule is C=C([C@H](Cc1ccc(F)cc1)NC(=O)c1cc2cc(Cl)ncc2[nH]1)N(C)C1CCN(C(=O)OC(C)(C)C)CC1. The molecule has 208 valence electrons. The van der Waals surface area contributed by atoms with Gasteiger partial charge in [-0.3, -0.25) is 4.79 Å². The third-order valence-corrected chi connectivity index (χ3v) is 7.10. The molecule has 2 amide bonds. The summed E-state index contributed by atoms with van der Waals surface area (Å²) in [6.07, 6.45) is 3.18. The molecule has 4 rings (SSSR count). The molecule has 0 unspecified atom stereocenters. The van der Waals surface area contributed by atoms with Crippen molar-refractivity contribution in [3.05, 3.63) is 77.1 Å². The summed E-state index contributed by atoms with van der Waals surface area (Å²) in [5.41, 5.74) is 2.12. The number of fused-ring (bicyclic) bond motifs is 1. The van der Waals surface area contributed by atoms with Gasteiger partial charge in [0.25, 0.3) is 5.91 Å². The quantitative estimate of drug-likeness (QED) is 0.373. The lowest BCUT2D eigenvalue weighted by Gasteiger charge is -2.40. The third-order valence-electron chi connectivity index (χ3n) is 6.89. The van der Waals surface area contributed by atoms with E-state index in [2.05, 4.69) is 26.8 Å². The minimum atomic E-state index is -0.543. The second kappa shape index (κ2) is 11.7. The van der Waals surface area contributed by atoms with Crippen molar-refractivity contribution >= 4 is 34.5 Å². The van der Waals surface area contributed by atoms with Crippen LogP contribution in [0.1, 0.15) is 49.7 Å². The summed E-state index contributed by atoms with van der Waals surface area (Å²) >= 11 is 6.00. The smallest absolute Gasteiger partial charge is 0.410 e. The van der Waals surface area contributed by atoms with Crippen LogP contribution in [-0.4, -0.2) is 69.6 Å². The lowest BCUT2D eigenvalue weighted by molar-refractivity contribution is 0.0167. The van der Waals surface area contributed by atoms with Crippen molar-refractivity contribution in [2.75, 3.05) is 20.1 Å². The number of pyridine rings is 1. The topological polar surface area (TPSA) is 90.6 Å². The van der Waals surface area contributed by atoms with Gasteiger partial charge in [0, 0.05) is 37.3 Å². The molecule has 1 aliphatic heterocycles. The lowest BCUT2D eigenvalue weighted by Crippen LogP contribution is -2.49. The van der Waals surface area contributed by atoms with E-state index in [1.807, 2.05) is 27.8 Å². The summed E-state index contributed by atoms with van der Waals surface area (Å²) in [6.45, 7) is 11.0. The molecule has 8 nitrogen and oxygen atoms in total. The number of hydrogen-bond donors (Lipinski definition) is 2. The standard InChI is InChI=1S/C29H35ClFN5O3/c1-18(35(5)22-10-12-36(13-11-22)28(38)39-29(2,3)4)23(14-19-6-8-21(31)9-7-19)34-27(37)24-15-20-16-26(30)32-17-25(20)33-24/h6-9,15-17,22-23,33H,1,10-14H2,2-5H3,(H,34,37)/t23-/m0/s1. The van der Waals surface area contributed by atoms with Crippen molar-refractivity contribution in [3.8, 4) is 0 Å².